The van der Waals surface area contributed by atoms with Crippen molar-refractivity contribution < 1.29 is 9.90 Å². The van der Waals surface area contributed by atoms with E-state index in [4.69, 9.17) is 0 Å². The zero-order valence-electron chi connectivity index (χ0n) is 14.1. The standard InChI is InChI=1S/C18H35NO2/c1-15(20)11-9-7-5-3-4-6-8-10-12-17-13-14-18(21)16(2)19-17/h16-19,21H,3-14H2,1-2H3/t16-,17-,18-/m0/s1. The maximum atomic E-state index is 10.8. The van der Waals surface area contributed by atoms with Gasteiger partial charge in [-0.05, 0) is 39.5 Å². The molecule has 0 amide bonds. The smallest absolute Gasteiger partial charge is 0.129 e. The fourth-order valence-corrected chi connectivity index (χ4v) is 3.24. The molecule has 3 nitrogen and oxygen atoms in total. The van der Waals surface area contributed by atoms with E-state index in [1.807, 2.05) is 0 Å². The van der Waals surface area contributed by atoms with Gasteiger partial charge in [0.25, 0.3) is 0 Å². The molecule has 1 rings (SSSR count). The van der Waals surface area contributed by atoms with Crippen LogP contribution in [0.25, 0.3) is 0 Å². The summed E-state index contributed by atoms with van der Waals surface area (Å²) in [6.45, 7) is 3.77. The highest BCUT2D eigenvalue weighted by molar-refractivity contribution is 5.75. The largest absolute Gasteiger partial charge is 0.392 e. The minimum absolute atomic E-state index is 0.149. The van der Waals surface area contributed by atoms with Gasteiger partial charge in [-0.15, -0.1) is 0 Å². The Hall–Kier alpha value is -0.410. The Kier molecular flexibility index (Phi) is 9.94. The summed E-state index contributed by atoms with van der Waals surface area (Å²) in [5, 5.41) is 13.2. The maximum absolute atomic E-state index is 10.8. The summed E-state index contributed by atoms with van der Waals surface area (Å²) < 4.78 is 0. The molecule has 0 aromatic heterocycles. The summed E-state index contributed by atoms with van der Waals surface area (Å²) in [6.07, 6.45) is 14.2. The highest BCUT2D eigenvalue weighted by Crippen LogP contribution is 2.18. The SMILES string of the molecule is CC(=O)CCCCCCCCCC[C@H]1CC[C@H](O)[C@H](C)N1. The number of nitrogens with one attached hydrogen (secondary N) is 1. The van der Waals surface area contributed by atoms with Gasteiger partial charge >= 0.3 is 0 Å². The number of Topliss-reactive ketones (excluding diaryl/α,β-unsaturated/α-hetero) is 1. The third-order valence-electron chi connectivity index (χ3n) is 4.72. The molecule has 0 saturated carbocycles. The third kappa shape index (κ3) is 9.26. The second-order valence-electron chi connectivity index (χ2n) is 6.87. The Balaban J connectivity index is 1.83. The Morgan fingerprint density at radius 3 is 2.14 bits per heavy atom. The summed E-state index contributed by atoms with van der Waals surface area (Å²) in [5.74, 6) is 0.327. The number of aliphatic hydroxyl groups is 1. The number of rotatable bonds is 11. The number of unbranched alkanes of at least 4 members (excludes halogenated alkanes) is 7. The molecule has 0 bridgehead atoms. The summed E-state index contributed by atoms with van der Waals surface area (Å²) in [7, 11) is 0. The van der Waals surface area contributed by atoms with Crippen LogP contribution in [0.1, 0.15) is 90.9 Å². The third-order valence-corrected chi connectivity index (χ3v) is 4.72. The first kappa shape index (κ1) is 18.6. The van der Waals surface area contributed by atoms with Crippen molar-refractivity contribution in [3.63, 3.8) is 0 Å². The molecule has 1 saturated heterocycles. The molecule has 21 heavy (non-hydrogen) atoms. The summed E-state index contributed by atoms with van der Waals surface area (Å²) >= 11 is 0. The van der Waals surface area contributed by atoms with Crippen molar-refractivity contribution in [1.82, 2.24) is 5.32 Å². The summed E-state index contributed by atoms with van der Waals surface area (Å²) in [4.78, 5) is 10.8. The van der Waals surface area contributed by atoms with Crippen LogP contribution >= 0.6 is 0 Å². The molecular weight excluding hydrogens is 262 g/mol. The lowest BCUT2D eigenvalue weighted by molar-refractivity contribution is -0.117. The van der Waals surface area contributed by atoms with Crippen LogP contribution in [0.3, 0.4) is 0 Å². The number of carbonyl (C=O) groups excluding carboxylic acids is 1. The molecule has 3 atom stereocenters. The van der Waals surface area contributed by atoms with Crippen LogP contribution in [-0.2, 0) is 4.79 Å². The molecule has 1 aliphatic heterocycles. The van der Waals surface area contributed by atoms with Crippen LogP contribution in [0.2, 0.25) is 0 Å². The molecule has 1 heterocycles. The Morgan fingerprint density at radius 1 is 1.00 bits per heavy atom. The number of carbonyl (C=O) groups is 1. The number of hydrogen-bond acceptors (Lipinski definition) is 3. The van der Waals surface area contributed by atoms with E-state index in [0.29, 0.717) is 11.8 Å². The fourth-order valence-electron chi connectivity index (χ4n) is 3.24. The summed E-state index contributed by atoms with van der Waals surface area (Å²) in [6, 6.07) is 0.883. The van der Waals surface area contributed by atoms with E-state index in [2.05, 4.69) is 12.2 Å². The van der Waals surface area contributed by atoms with Gasteiger partial charge in [-0.3, -0.25) is 0 Å². The first-order valence-electron chi connectivity index (χ1n) is 9.03. The van der Waals surface area contributed by atoms with E-state index in [1.165, 1.54) is 51.4 Å². The maximum Gasteiger partial charge on any atom is 0.129 e. The second kappa shape index (κ2) is 11.2. The van der Waals surface area contributed by atoms with Gasteiger partial charge in [0.2, 0.25) is 0 Å². The summed E-state index contributed by atoms with van der Waals surface area (Å²) in [5.41, 5.74) is 0. The highest BCUT2D eigenvalue weighted by Gasteiger charge is 2.24. The molecule has 0 aromatic carbocycles. The van der Waals surface area contributed by atoms with E-state index < -0.39 is 0 Å². The number of ketones is 1. The Labute approximate surface area is 130 Å². The van der Waals surface area contributed by atoms with Gasteiger partial charge in [0.15, 0.2) is 0 Å². The average molecular weight is 297 g/mol. The predicted molar refractivity (Wildman–Crippen MR) is 88.5 cm³/mol. The minimum Gasteiger partial charge on any atom is -0.392 e. The van der Waals surface area contributed by atoms with Gasteiger partial charge in [0.1, 0.15) is 5.78 Å². The van der Waals surface area contributed by atoms with Crippen LogP contribution in [0, 0.1) is 0 Å². The van der Waals surface area contributed by atoms with Gasteiger partial charge in [0, 0.05) is 18.5 Å². The zero-order chi connectivity index (χ0) is 15.5. The fraction of sp³-hybridized carbons (Fsp3) is 0.944. The average Bonchev–Trinajstić information content (AvgIpc) is 2.44. The van der Waals surface area contributed by atoms with Crippen LogP contribution in [0.5, 0.6) is 0 Å². The van der Waals surface area contributed by atoms with Crippen molar-refractivity contribution in [1.29, 1.82) is 0 Å². The van der Waals surface area contributed by atoms with Crippen LogP contribution in [0.15, 0.2) is 0 Å². The van der Waals surface area contributed by atoms with Crippen molar-refractivity contribution in [3.8, 4) is 0 Å². The van der Waals surface area contributed by atoms with E-state index in [-0.39, 0.29) is 12.1 Å². The second-order valence-corrected chi connectivity index (χ2v) is 6.87. The van der Waals surface area contributed by atoms with Crippen molar-refractivity contribution in [2.75, 3.05) is 0 Å². The number of aliphatic hydroxyl groups excluding tert-OH is 1. The normalized spacial score (nSPS) is 26.0. The first-order chi connectivity index (χ1) is 10.1. The molecule has 1 fully saturated rings. The van der Waals surface area contributed by atoms with E-state index in [1.54, 1.807) is 6.92 Å². The van der Waals surface area contributed by atoms with E-state index in [0.717, 1.165) is 25.7 Å². The molecule has 3 heteroatoms. The monoisotopic (exact) mass is 297 g/mol. The molecule has 0 aliphatic carbocycles. The number of hydrogen-bond donors (Lipinski definition) is 2. The quantitative estimate of drug-likeness (QED) is 0.567. The first-order valence-corrected chi connectivity index (χ1v) is 9.03. The molecule has 0 radical (unpaired) electrons. The van der Waals surface area contributed by atoms with Crippen LogP contribution in [0.4, 0.5) is 0 Å². The molecule has 0 aromatic rings. The van der Waals surface area contributed by atoms with E-state index >= 15 is 0 Å². The van der Waals surface area contributed by atoms with E-state index in [9.17, 15) is 9.90 Å². The van der Waals surface area contributed by atoms with Gasteiger partial charge < -0.3 is 15.2 Å². The Bertz CT molecular complexity index is 280. The molecular formula is C18H35NO2. The van der Waals surface area contributed by atoms with Crippen molar-refractivity contribution in [2.45, 2.75) is 109 Å². The minimum atomic E-state index is -0.149. The van der Waals surface area contributed by atoms with Crippen LogP contribution in [-0.4, -0.2) is 29.1 Å². The van der Waals surface area contributed by atoms with Crippen molar-refractivity contribution >= 4 is 5.78 Å². The lowest BCUT2D eigenvalue weighted by Gasteiger charge is -2.32. The van der Waals surface area contributed by atoms with Gasteiger partial charge in [0.05, 0.1) is 6.10 Å². The molecule has 124 valence electrons. The topological polar surface area (TPSA) is 49.3 Å². The Morgan fingerprint density at radius 2 is 1.57 bits per heavy atom. The van der Waals surface area contributed by atoms with Gasteiger partial charge in [-0.2, -0.15) is 0 Å². The van der Waals surface area contributed by atoms with Gasteiger partial charge in [-0.25, -0.2) is 0 Å². The molecule has 0 spiro atoms. The molecule has 2 N–H and O–H groups in total. The predicted octanol–water partition coefficient (Wildman–Crippen LogP) is 3.98. The lowest BCUT2D eigenvalue weighted by atomic mass is 9.93. The highest BCUT2D eigenvalue weighted by atomic mass is 16.3. The zero-order valence-corrected chi connectivity index (χ0v) is 14.1. The van der Waals surface area contributed by atoms with Crippen molar-refractivity contribution in [2.24, 2.45) is 0 Å². The number of piperidine rings is 1. The van der Waals surface area contributed by atoms with Crippen LogP contribution < -0.4 is 5.32 Å². The van der Waals surface area contributed by atoms with Gasteiger partial charge in [-0.1, -0.05) is 44.9 Å². The molecule has 1 aliphatic rings. The van der Waals surface area contributed by atoms with Crippen molar-refractivity contribution in [3.05, 3.63) is 0 Å². The lowest BCUT2D eigenvalue weighted by Crippen LogP contribution is -2.48. The molecule has 0 unspecified atom stereocenters.